The predicted octanol–water partition coefficient (Wildman–Crippen LogP) is 18.4. The van der Waals surface area contributed by atoms with Crippen molar-refractivity contribution >= 4 is 46.6 Å². The lowest BCUT2D eigenvalue weighted by Crippen LogP contribution is -2.25. The number of hydrogen-bond acceptors (Lipinski definition) is 4. The van der Waals surface area contributed by atoms with E-state index >= 15 is 0 Å². The Morgan fingerprint density at radius 2 is 1.02 bits per heavy atom. The van der Waals surface area contributed by atoms with E-state index in [1.807, 2.05) is 24.3 Å². The second-order valence-corrected chi connectivity index (χ2v) is 19.1. The number of rotatable bonds is 22. The van der Waals surface area contributed by atoms with Crippen molar-refractivity contribution in [1.82, 2.24) is 0 Å². The van der Waals surface area contributed by atoms with Crippen molar-refractivity contribution in [3.05, 3.63) is 177 Å². The third kappa shape index (κ3) is 11.7. The fourth-order valence-corrected chi connectivity index (χ4v) is 10.4. The van der Waals surface area contributed by atoms with Crippen LogP contribution in [0.2, 0.25) is 0 Å². The molecule has 5 aromatic carbocycles. The van der Waals surface area contributed by atoms with Gasteiger partial charge in [0, 0.05) is 32.2 Å². The molecule has 0 bridgehead atoms. The Bertz CT molecular complexity index is 2630. The fourth-order valence-electron chi connectivity index (χ4n) is 9.61. The van der Waals surface area contributed by atoms with E-state index in [1.165, 1.54) is 129 Å². The molecular weight excluding hydrogens is 807 g/mol. The average Bonchev–Trinajstić information content (AvgIpc) is 3.90. The van der Waals surface area contributed by atoms with Gasteiger partial charge in [-0.3, -0.25) is 0 Å². The summed E-state index contributed by atoms with van der Waals surface area (Å²) in [5, 5.41) is 18.0. The van der Waals surface area contributed by atoms with Gasteiger partial charge in [-0.15, -0.1) is 11.3 Å². The normalized spacial score (nSPS) is 12.5. The fraction of sp³-hybridized carbons (Fsp3) is 0.311. The molecule has 4 heteroatoms. The summed E-state index contributed by atoms with van der Waals surface area (Å²) in [6.45, 7) is 9.04. The van der Waals surface area contributed by atoms with Gasteiger partial charge in [0.25, 0.3) is 0 Å². The molecule has 1 aliphatic rings. The van der Waals surface area contributed by atoms with E-state index in [-0.39, 0.29) is 11.0 Å². The van der Waals surface area contributed by atoms with Crippen molar-refractivity contribution in [2.75, 3.05) is 4.90 Å². The van der Waals surface area contributed by atoms with E-state index in [2.05, 4.69) is 160 Å². The van der Waals surface area contributed by atoms with Crippen LogP contribution in [0.25, 0.3) is 40.5 Å². The van der Waals surface area contributed by atoms with Crippen molar-refractivity contribution in [2.24, 2.45) is 0 Å². The molecule has 0 amide bonds. The molecule has 0 aliphatic heterocycles. The van der Waals surface area contributed by atoms with E-state index in [1.54, 1.807) is 28.5 Å². The zero-order valence-corrected chi connectivity index (χ0v) is 39.9. The summed E-state index contributed by atoms with van der Waals surface area (Å²) in [7, 11) is 0. The Morgan fingerprint density at radius 1 is 0.523 bits per heavy atom. The molecule has 0 spiro atoms. The lowest BCUT2D eigenvalue weighted by atomic mass is 9.70. The maximum absolute atomic E-state index is 8.99. The van der Waals surface area contributed by atoms with Crippen LogP contribution in [0.1, 0.15) is 141 Å². The van der Waals surface area contributed by atoms with Gasteiger partial charge < -0.3 is 4.90 Å². The molecule has 65 heavy (non-hydrogen) atoms. The average molecular weight is 872 g/mol. The number of anilines is 3. The second kappa shape index (κ2) is 23.1. The minimum atomic E-state index is 0.0522. The van der Waals surface area contributed by atoms with E-state index in [0.717, 1.165) is 32.4 Å². The third-order valence-electron chi connectivity index (χ3n) is 13.2. The Hall–Kier alpha value is -6.20. The van der Waals surface area contributed by atoms with E-state index in [9.17, 15) is 0 Å². The van der Waals surface area contributed by atoms with Gasteiger partial charge >= 0.3 is 0 Å². The summed E-state index contributed by atoms with van der Waals surface area (Å²) in [6.07, 6.45) is 27.8. The number of benzene rings is 5. The van der Waals surface area contributed by atoms with Gasteiger partial charge in [0.1, 0.15) is 17.7 Å². The van der Waals surface area contributed by atoms with Crippen LogP contribution in [-0.4, -0.2) is 0 Å². The van der Waals surface area contributed by atoms with Crippen LogP contribution < -0.4 is 4.90 Å². The Morgan fingerprint density at radius 3 is 1.62 bits per heavy atom. The molecule has 0 saturated carbocycles. The van der Waals surface area contributed by atoms with Crippen LogP contribution in [0.5, 0.6) is 0 Å². The SMILES string of the molecule is CCCCCCCCC1(CCCCCCCC)c2cc(C)ccc2-c2ccc(-c3ccc(N(c4ccc(C)cc4)c4ccc(/C=C/c5ccc(/C=C/C=C(C#N)C#N)s5)cc4)cc3)cc21. The zero-order chi connectivity index (χ0) is 45.4. The molecule has 7 rings (SSSR count). The molecule has 1 heterocycles. The van der Waals surface area contributed by atoms with Crippen LogP contribution in [0.4, 0.5) is 17.1 Å². The molecule has 0 fully saturated rings. The van der Waals surface area contributed by atoms with Gasteiger partial charge in [-0.1, -0.05) is 181 Å². The molecule has 0 atom stereocenters. The smallest absolute Gasteiger partial charge is 0.129 e. The van der Waals surface area contributed by atoms with Gasteiger partial charge in [-0.25, -0.2) is 0 Å². The minimum absolute atomic E-state index is 0.0522. The minimum Gasteiger partial charge on any atom is -0.311 e. The summed E-state index contributed by atoms with van der Waals surface area (Å²) in [5.74, 6) is 0. The number of nitriles is 2. The van der Waals surface area contributed by atoms with Crippen molar-refractivity contribution < 1.29 is 0 Å². The number of allylic oxidation sites excluding steroid dienone is 3. The summed E-state index contributed by atoms with van der Waals surface area (Å²) in [5.41, 5.74) is 15.8. The highest BCUT2D eigenvalue weighted by Crippen LogP contribution is 2.55. The van der Waals surface area contributed by atoms with Crippen LogP contribution in [0.15, 0.2) is 139 Å². The molecule has 3 nitrogen and oxygen atoms in total. The molecule has 0 saturated heterocycles. The third-order valence-corrected chi connectivity index (χ3v) is 14.2. The molecule has 1 aromatic heterocycles. The Kier molecular flexibility index (Phi) is 16.6. The zero-order valence-electron chi connectivity index (χ0n) is 39.1. The Balaban J connectivity index is 1.15. The highest BCUT2D eigenvalue weighted by atomic mass is 32.1. The highest BCUT2D eigenvalue weighted by molar-refractivity contribution is 7.13. The maximum Gasteiger partial charge on any atom is 0.129 e. The first-order chi connectivity index (χ1) is 31.8. The number of thiophene rings is 1. The lowest BCUT2D eigenvalue weighted by molar-refractivity contribution is 0.398. The quantitative estimate of drug-likeness (QED) is 0.0388. The van der Waals surface area contributed by atoms with Crippen LogP contribution in [0.3, 0.4) is 0 Å². The van der Waals surface area contributed by atoms with E-state index in [4.69, 9.17) is 10.5 Å². The summed E-state index contributed by atoms with van der Waals surface area (Å²) in [6, 6.07) is 49.3. The Labute approximate surface area is 394 Å². The first-order valence-electron chi connectivity index (χ1n) is 24.2. The van der Waals surface area contributed by atoms with Crippen LogP contribution in [0, 0.1) is 36.5 Å². The number of hydrogen-bond donors (Lipinski definition) is 0. The number of nitrogens with zero attached hydrogens (tertiary/aromatic N) is 3. The molecule has 0 unspecified atom stereocenters. The molecular formula is C61H65N3S. The van der Waals surface area contributed by atoms with Crippen molar-refractivity contribution in [2.45, 2.75) is 123 Å². The number of unbranched alkanes of at least 4 members (excludes halogenated alkanes) is 10. The topological polar surface area (TPSA) is 50.8 Å². The molecule has 0 radical (unpaired) electrons. The first-order valence-corrected chi connectivity index (χ1v) is 25.0. The van der Waals surface area contributed by atoms with Gasteiger partial charge in [0.15, 0.2) is 0 Å². The second-order valence-electron chi connectivity index (χ2n) is 18.0. The lowest BCUT2D eigenvalue weighted by Gasteiger charge is -2.33. The van der Waals surface area contributed by atoms with Gasteiger partial charge in [-0.2, -0.15) is 10.5 Å². The number of aryl methyl sites for hydroxylation is 2. The molecule has 1 aliphatic carbocycles. The molecule has 330 valence electrons. The monoisotopic (exact) mass is 871 g/mol. The number of fused-ring (bicyclic) bond motifs is 3. The predicted molar refractivity (Wildman–Crippen MR) is 280 cm³/mol. The standard InChI is InChI=1S/C61H65N3S/c1-5-7-9-11-13-15-40-61(41-16-14-12-10-8-6-2)59-42-47(4)22-38-57(59)58-39-28-51(43-60(58)61)50-26-33-54(34-27-50)64(52-29-20-46(3)21-30-52)53-31-23-48(24-32-53)25-35-56-37-36-55(65-56)19-17-18-49(44-62)45-63/h17-39,42-43H,5-16,40-41H2,1-4H3/b19-17+,35-25+. The van der Waals surface area contributed by atoms with Crippen LogP contribution in [-0.2, 0) is 5.41 Å². The van der Waals surface area contributed by atoms with Crippen molar-refractivity contribution in [1.29, 1.82) is 10.5 Å². The summed E-state index contributed by atoms with van der Waals surface area (Å²) < 4.78 is 0. The van der Waals surface area contributed by atoms with Crippen molar-refractivity contribution in [3.63, 3.8) is 0 Å². The van der Waals surface area contributed by atoms with E-state index < -0.39 is 0 Å². The van der Waals surface area contributed by atoms with Crippen molar-refractivity contribution in [3.8, 4) is 34.4 Å². The van der Waals surface area contributed by atoms with E-state index in [0.29, 0.717) is 0 Å². The maximum atomic E-state index is 8.99. The van der Waals surface area contributed by atoms with Gasteiger partial charge in [-0.05, 0) is 138 Å². The largest absolute Gasteiger partial charge is 0.311 e. The van der Waals surface area contributed by atoms with Gasteiger partial charge in [0.2, 0.25) is 0 Å². The summed E-state index contributed by atoms with van der Waals surface area (Å²) >= 11 is 1.66. The first kappa shape index (κ1) is 46.8. The highest BCUT2D eigenvalue weighted by Gasteiger charge is 2.42. The molecule has 0 N–H and O–H groups in total. The van der Waals surface area contributed by atoms with Gasteiger partial charge in [0.05, 0.1) is 0 Å². The summed E-state index contributed by atoms with van der Waals surface area (Å²) in [4.78, 5) is 4.54. The van der Waals surface area contributed by atoms with Crippen LogP contribution >= 0.6 is 11.3 Å². The molecule has 6 aromatic rings.